The lowest BCUT2D eigenvalue weighted by Gasteiger charge is -2.10. The van der Waals surface area contributed by atoms with Gasteiger partial charge in [-0.1, -0.05) is 16.8 Å². The van der Waals surface area contributed by atoms with E-state index in [1.165, 1.54) is 0 Å². The SMILES string of the molecule is NC(CC1CC(Cl)=NO1)C(=O)O. The third-order valence-electron chi connectivity index (χ3n) is 1.53. The molecule has 0 aromatic carbocycles. The Labute approximate surface area is 74.1 Å². The van der Waals surface area contributed by atoms with Crippen molar-refractivity contribution in [2.45, 2.75) is 25.0 Å². The van der Waals surface area contributed by atoms with Gasteiger partial charge in [0.05, 0.1) is 0 Å². The fraction of sp³-hybridized carbons (Fsp3) is 0.667. The van der Waals surface area contributed by atoms with Crippen molar-refractivity contribution in [3.63, 3.8) is 0 Å². The van der Waals surface area contributed by atoms with Crippen molar-refractivity contribution in [2.24, 2.45) is 10.9 Å². The zero-order valence-electron chi connectivity index (χ0n) is 6.24. The van der Waals surface area contributed by atoms with E-state index < -0.39 is 12.0 Å². The van der Waals surface area contributed by atoms with Crippen molar-refractivity contribution in [1.82, 2.24) is 0 Å². The fourth-order valence-electron chi connectivity index (χ4n) is 0.905. The minimum Gasteiger partial charge on any atom is -0.480 e. The van der Waals surface area contributed by atoms with Crippen LogP contribution < -0.4 is 5.73 Å². The monoisotopic (exact) mass is 192 g/mol. The molecule has 1 aliphatic rings. The molecule has 6 heteroatoms. The van der Waals surface area contributed by atoms with Crippen molar-refractivity contribution in [1.29, 1.82) is 0 Å². The summed E-state index contributed by atoms with van der Waals surface area (Å²) in [6, 6.07) is -0.909. The maximum absolute atomic E-state index is 10.3. The van der Waals surface area contributed by atoms with Gasteiger partial charge in [0, 0.05) is 12.8 Å². The predicted octanol–water partition coefficient (Wildman–Crippen LogP) is 0.130. The normalized spacial score (nSPS) is 24.5. The van der Waals surface area contributed by atoms with E-state index in [0.29, 0.717) is 11.6 Å². The van der Waals surface area contributed by atoms with Gasteiger partial charge in [-0.3, -0.25) is 4.79 Å². The molecular weight excluding hydrogens is 184 g/mol. The van der Waals surface area contributed by atoms with Crippen molar-refractivity contribution < 1.29 is 14.7 Å². The quantitative estimate of drug-likeness (QED) is 0.666. The molecular formula is C6H9ClN2O3. The molecule has 0 aromatic heterocycles. The summed E-state index contributed by atoms with van der Waals surface area (Å²) in [7, 11) is 0. The molecule has 0 bridgehead atoms. The molecule has 5 nitrogen and oxygen atoms in total. The molecule has 0 spiro atoms. The molecule has 1 heterocycles. The second-order valence-electron chi connectivity index (χ2n) is 2.58. The number of rotatable bonds is 3. The summed E-state index contributed by atoms with van der Waals surface area (Å²) >= 11 is 5.51. The van der Waals surface area contributed by atoms with Crippen LogP contribution in [0.1, 0.15) is 12.8 Å². The Hall–Kier alpha value is -0.810. The Morgan fingerprint density at radius 1 is 2.00 bits per heavy atom. The number of nitrogens with two attached hydrogens (primary N) is 1. The van der Waals surface area contributed by atoms with E-state index in [4.69, 9.17) is 27.3 Å². The summed E-state index contributed by atoms with van der Waals surface area (Å²) in [5.74, 6) is -1.04. The van der Waals surface area contributed by atoms with Gasteiger partial charge in [0.1, 0.15) is 17.3 Å². The average molecular weight is 193 g/mol. The lowest BCUT2D eigenvalue weighted by Crippen LogP contribution is -2.33. The van der Waals surface area contributed by atoms with Gasteiger partial charge in [0.15, 0.2) is 0 Å². The molecule has 2 unspecified atom stereocenters. The molecule has 1 rings (SSSR count). The topological polar surface area (TPSA) is 84.9 Å². The number of oxime groups is 1. The number of aliphatic carboxylic acids is 1. The third-order valence-corrected chi connectivity index (χ3v) is 1.75. The number of carbonyl (C=O) groups is 1. The first-order chi connectivity index (χ1) is 5.59. The van der Waals surface area contributed by atoms with Gasteiger partial charge in [-0.15, -0.1) is 0 Å². The van der Waals surface area contributed by atoms with Gasteiger partial charge in [-0.05, 0) is 0 Å². The van der Waals surface area contributed by atoms with Crippen LogP contribution in [0.4, 0.5) is 0 Å². The van der Waals surface area contributed by atoms with Crippen molar-refractivity contribution in [3.8, 4) is 0 Å². The molecule has 3 N–H and O–H groups in total. The summed E-state index contributed by atoms with van der Waals surface area (Å²) in [6.45, 7) is 0. The van der Waals surface area contributed by atoms with Crippen LogP contribution >= 0.6 is 11.6 Å². The highest BCUT2D eigenvalue weighted by atomic mass is 35.5. The molecule has 0 aliphatic carbocycles. The van der Waals surface area contributed by atoms with Gasteiger partial charge in [0.25, 0.3) is 0 Å². The fourth-order valence-corrected chi connectivity index (χ4v) is 1.12. The Morgan fingerprint density at radius 3 is 3.08 bits per heavy atom. The second kappa shape index (κ2) is 3.73. The standard InChI is InChI=1S/C6H9ClN2O3/c7-5-2-3(12-9-5)1-4(8)6(10)11/h3-4H,1-2,8H2,(H,10,11). The molecule has 12 heavy (non-hydrogen) atoms. The van der Waals surface area contributed by atoms with Crippen LogP contribution in [0.15, 0.2) is 5.16 Å². The van der Waals surface area contributed by atoms with E-state index in [-0.39, 0.29) is 12.5 Å². The average Bonchev–Trinajstić information content (AvgIpc) is 2.35. The summed E-state index contributed by atoms with van der Waals surface area (Å²) in [4.78, 5) is 15.1. The first-order valence-electron chi connectivity index (χ1n) is 3.46. The molecule has 2 atom stereocenters. The molecule has 0 amide bonds. The molecule has 0 aromatic rings. The molecule has 0 fully saturated rings. The highest BCUT2D eigenvalue weighted by Crippen LogP contribution is 2.16. The zero-order chi connectivity index (χ0) is 9.14. The smallest absolute Gasteiger partial charge is 0.320 e. The highest BCUT2D eigenvalue weighted by Gasteiger charge is 2.25. The van der Waals surface area contributed by atoms with E-state index in [1.54, 1.807) is 0 Å². The molecule has 0 saturated heterocycles. The Kier molecular flexibility index (Phi) is 2.88. The number of nitrogens with zero attached hydrogens (tertiary/aromatic N) is 1. The van der Waals surface area contributed by atoms with Crippen LogP contribution in [0.25, 0.3) is 0 Å². The predicted molar refractivity (Wildman–Crippen MR) is 43.0 cm³/mol. The summed E-state index contributed by atoms with van der Waals surface area (Å²) in [5, 5.41) is 12.3. The van der Waals surface area contributed by atoms with Gasteiger partial charge in [-0.2, -0.15) is 0 Å². The zero-order valence-corrected chi connectivity index (χ0v) is 6.99. The number of carboxylic acids is 1. The lowest BCUT2D eigenvalue weighted by atomic mass is 10.1. The van der Waals surface area contributed by atoms with Gasteiger partial charge in [0.2, 0.25) is 0 Å². The van der Waals surface area contributed by atoms with E-state index in [9.17, 15) is 4.79 Å². The van der Waals surface area contributed by atoms with E-state index >= 15 is 0 Å². The minimum absolute atomic E-state index is 0.231. The lowest BCUT2D eigenvalue weighted by molar-refractivity contribution is -0.139. The summed E-state index contributed by atoms with van der Waals surface area (Å²) in [6.07, 6.45) is 0.390. The highest BCUT2D eigenvalue weighted by molar-refractivity contribution is 6.65. The van der Waals surface area contributed by atoms with Crippen molar-refractivity contribution >= 4 is 22.7 Å². The summed E-state index contributed by atoms with van der Waals surface area (Å²) in [5.41, 5.74) is 5.27. The van der Waals surface area contributed by atoms with Crippen molar-refractivity contribution in [2.75, 3.05) is 0 Å². The largest absolute Gasteiger partial charge is 0.480 e. The molecule has 68 valence electrons. The van der Waals surface area contributed by atoms with Crippen LogP contribution in [0.2, 0.25) is 0 Å². The van der Waals surface area contributed by atoms with E-state index in [1.807, 2.05) is 0 Å². The van der Waals surface area contributed by atoms with E-state index in [0.717, 1.165) is 0 Å². The number of carboxylic acid groups (broad SMARTS) is 1. The van der Waals surface area contributed by atoms with Crippen LogP contribution in [0.5, 0.6) is 0 Å². The first-order valence-corrected chi connectivity index (χ1v) is 3.84. The number of hydrogen-bond donors (Lipinski definition) is 2. The number of halogens is 1. The molecule has 0 saturated carbocycles. The van der Waals surface area contributed by atoms with Crippen LogP contribution in [-0.4, -0.2) is 28.4 Å². The maximum Gasteiger partial charge on any atom is 0.320 e. The van der Waals surface area contributed by atoms with Crippen LogP contribution in [-0.2, 0) is 9.63 Å². The van der Waals surface area contributed by atoms with Gasteiger partial charge in [-0.25, -0.2) is 0 Å². The van der Waals surface area contributed by atoms with Crippen LogP contribution in [0, 0.1) is 0 Å². The van der Waals surface area contributed by atoms with E-state index in [2.05, 4.69) is 5.16 Å². The minimum atomic E-state index is -1.04. The van der Waals surface area contributed by atoms with Crippen molar-refractivity contribution in [3.05, 3.63) is 0 Å². The Morgan fingerprint density at radius 2 is 2.67 bits per heavy atom. The Balaban J connectivity index is 2.30. The second-order valence-corrected chi connectivity index (χ2v) is 3.02. The molecule has 0 radical (unpaired) electrons. The Bertz CT molecular complexity index is 219. The van der Waals surface area contributed by atoms with Gasteiger partial charge >= 0.3 is 5.97 Å². The third kappa shape index (κ3) is 2.35. The van der Waals surface area contributed by atoms with Gasteiger partial charge < -0.3 is 15.7 Å². The van der Waals surface area contributed by atoms with Crippen LogP contribution in [0.3, 0.4) is 0 Å². The molecule has 1 aliphatic heterocycles. The number of hydrogen-bond acceptors (Lipinski definition) is 4. The summed E-state index contributed by atoms with van der Waals surface area (Å²) < 4.78 is 0. The first kappa shape index (κ1) is 9.28. The maximum atomic E-state index is 10.3.